The second-order valence-electron chi connectivity index (χ2n) is 3.77. The zero-order valence-corrected chi connectivity index (χ0v) is 11.7. The van der Waals surface area contributed by atoms with E-state index in [1.54, 1.807) is 6.92 Å². The van der Waals surface area contributed by atoms with E-state index < -0.39 is 4.92 Å². The molecule has 0 saturated heterocycles. The van der Waals surface area contributed by atoms with Crippen molar-refractivity contribution in [3.63, 3.8) is 0 Å². The molecule has 0 amide bonds. The van der Waals surface area contributed by atoms with Crippen LogP contribution in [-0.4, -0.2) is 23.2 Å². The Hall–Kier alpha value is -1.40. The van der Waals surface area contributed by atoms with E-state index in [9.17, 15) is 10.1 Å². The van der Waals surface area contributed by atoms with Gasteiger partial charge in [0.15, 0.2) is 0 Å². The first-order valence-electron chi connectivity index (χ1n) is 5.11. The third-order valence-electron chi connectivity index (χ3n) is 2.17. The standard InChI is InChI=1S/C11H11IN2O4/c1-7(5-15)6-18-11-9(12)2-8(4-13)3-10(11)14(16)17/h2-3,7,15H,5-6H2,1H3. The number of nitriles is 1. The Morgan fingerprint density at radius 3 is 2.83 bits per heavy atom. The molecule has 1 unspecified atom stereocenters. The van der Waals surface area contributed by atoms with Crippen molar-refractivity contribution in [2.24, 2.45) is 5.92 Å². The molecule has 0 spiro atoms. The molecule has 1 rings (SSSR count). The van der Waals surface area contributed by atoms with Crippen molar-refractivity contribution in [3.8, 4) is 11.8 Å². The van der Waals surface area contributed by atoms with Crippen LogP contribution >= 0.6 is 22.6 Å². The fourth-order valence-electron chi connectivity index (χ4n) is 1.20. The minimum absolute atomic E-state index is 0.0549. The molecule has 7 heteroatoms. The van der Waals surface area contributed by atoms with E-state index in [4.69, 9.17) is 15.1 Å². The van der Waals surface area contributed by atoms with Crippen molar-refractivity contribution < 1.29 is 14.8 Å². The molecule has 0 bridgehead atoms. The molecule has 0 heterocycles. The minimum Gasteiger partial charge on any atom is -0.486 e. The Balaban J connectivity index is 3.09. The van der Waals surface area contributed by atoms with Gasteiger partial charge < -0.3 is 9.84 Å². The Morgan fingerprint density at radius 2 is 2.33 bits per heavy atom. The van der Waals surface area contributed by atoms with Crippen LogP contribution in [0.5, 0.6) is 5.75 Å². The number of hydrogen-bond acceptors (Lipinski definition) is 5. The zero-order valence-electron chi connectivity index (χ0n) is 9.59. The van der Waals surface area contributed by atoms with Gasteiger partial charge in [-0.2, -0.15) is 5.26 Å². The summed E-state index contributed by atoms with van der Waals surface area (Å²) in [6.45, 7) is 1.89. The van der Waals surface area contributed by atoms with E-state index in [0.29, 0.717) is 3.57 Å². The number of rotatable bonds is 5. The Bertz CT molecular complexity index is 499. The molecule has 96 valence electrons. The third kappa shape index (κ3) is 3.54. The Kier molecular flexibility index (Phi) is 5.30. The van der Waals surface area contributed by atoms with Gasteiger partial charge in [0.25, 0.3) is 0 Å². The van der Waals surface area contributed by atoms with Crippen molar-refractivity contribution in [3.05, 3.63) is 31.4 Å². The van der Waals surface area contributed by atoms with Crippen molar-refractivity contribution in [2.45, 2.75) is 6.92 Å². The van der Waals surface area contributed by atoms with Crippen LogP contribution in [0.4, 0.5) is 5.69 Å². The zero-order chi connectivity index (χ0) is 13.7. The van der Waals surface area contributed by atoms with Crippen LogP contribution in [0, 0.1) is 30.9 Å². The fourth-order valence-corrected chi connectivity index (χ4v) is 1.97. The summed E-state index contributed by atoms with van der Waals surface area (Å²) in [6.07, 6.45) is 0. The largest absolute Gasteiger partial charge is 0.486 e. The van der Waals surface area contributed by atoms with Gasteiger partial charge in [0.1, 0.15) is 0 Å². The predicted octanol–water partition coefficient (Wildman–Crippen LogP) is 2.08. The van der Waals surface area contributed by atoms with Gasteiger partial charge in [-0.25, -0.2) is 0 Å². The lowest BCUT2D eigenvalue weighted by molar-refractivity contribution is -0.386. The number of aliphatic hydroxyl groups is 1. The number of nitro benzene ring substituents is 1. The van der Waals surface area contributed by atoms with Gasteiger partial charge in [-0.05, 0) is 28.7 Å². The molecule has 6 nitrogen and oxygen atoms in total. The van der Waals surface area contributed by atoms with Crippen LogP contribution in [0.3, 0.4) is 0 Å². The molecule has 18 heavy (non-hydrogen) atoms. The van der Waals surface area contributed by atoms with Crippen molar-refractivity contribution >= 4 is 28.3 Å². The summed E-state index contributed by atoms with van der Waals surface area (Å²) in [4.78, 5) is 10.3. The quantitative estimate of drug-likeness (QED) is 0.492. The lowest BCUT2D eigenvalue weighted by Crippen LogP contribution is -2.13. The summed E-state index contributed by atoms with van der Waals surface area (Å²) >= 11 is 1.88. The van der Waals surface area contributed by atoms with Gasteiger partial charge in [0, 0.05) is 18.6 Å². The van der Waals surface area contributed by atoms with Crippen LogP contribution in [0.1, 0.15) is 12.5 Å². The normalized spacial score (nSPS) is 11.7. The fraction of sp³-hybridized carbons (Fsp3) is 0.364. The number of ether oxygens (including phenoxy) is 1. The van der Waals surface area contributed by atoms with Gasteiger partial charge in [-0.15, -0.1) is 0 Å². The maximum absolute atomic E-state index is 10.9. The highest BCUT2D eigenvalue weighted by molar-refractivity contribution is 14.1. The summed E-state index contributed by atoms with van der Waals surface area (Å²) in [5.41, 5.74) is -0.0164. The Morgan fingerprint density at radius 1 is 1.67 bits per heavy atom. The first kappa shape index (κ1) is 14.7. The number of halogens is 1. The van der Waals surface area contributed by atoms with E-state index >= 15 is 0 Å². The highest BCUT2D eigenvalue weighted by atomic mass is 127. The second kappa shape index (κ2) is 6.51. The number of hydrogen-bond donors (Lipinski definition) is 1. The SMILES string of the molecule is CC(CO)COc1c(I)cc(C#N)cc1[N+](=O)[O-]. The molecule has 1 atom stereocenters. The van der Waals surface area contributed by atoms with Gasteiger partial charge >= 0.3 is 5.69 Å². The van der Waals surface area contributed by atoms with E-state index in [1.807, 2.05) is 28.7 Å². The summed E-state index contributed by atoms with van der Waals surface area (Å²) in [5, 5.41) is 28.6. The molecule has 0 fully saturated rings. The summed E-state index contributed by atoms with van der Waals surface area (Å²) in [7, 11) is 0. The van der Waals surface area contributed by atoms with Crippen LogP contribution < -0.4 is 4.74 Å². The van der Waals surface area contributed by atoms with Crippen LogP contribution in [-0.2, 0) is 0 Å². The summed E-state index contributed by atoms with van der Waals surface area (Å²) in [5.74, 6) is 0.0240. The summed E-state index contributed by atoms with van der Waals surface area (Å²) in [6, 6.07) is 4.56. The number of aliphatic hydroxyl groups excluding tert-OH is 1. The number of benzene rings is 1. The molecule has 0 aromatic heterocycles. The molecule has 0 saturated carbocycles. The molecular formula is C11H11IN2O4. The average molecular weight is 362 g/mol. The molecule has 0 radical (unpaired) electrons. The first-order chi connectivity index (χ1) is 8.49. The van der Waals surface area contributed by atoms with Crippen LogP contribution in [0.25, 0.3) is 0 Å². The molecule has 0 aliphatic heterocycles. The predicted molar refractivity (Wildman–Crippen MR) is 72.3 cm³/mol. The molecule has 1 N–H and O–H groups in total. The number of nitrogens with zero attached hydrogens (tertiary/aromatic N) is 2. The summed E-state index contributed by atoms with van der Waals surface area (Å²) < 4.78 is 5.87. The van der Waals surface area contributed by atoms with Gasteiger partial charge in [0.2, 0.25) is 5.75 Å². The van der Waals surface area contributed by atoms with Crippen molar-refractivity contribution in [1.82, 2.24) is 0 Å². The maximum Gasteiger partial charge on any atom is 0.313 e. The third-order valence-corrected chi connectivity index (χ3v) is 2.97. The van der Waals surface area contributed by atoms with Crippen molar-refractivity contribution in [2.75, 3.05) is 13.2 Å². The second-order valence-corrected chi connectivity index (χ2v) is 4.94. The van der Waals surface area contributed by atoms with Crippen molar-refractivity contribution in [1.29, 1.82) is 5.26 Å². The highest BCUT2D eigenvalue weighted by Gasteiger charge is 2.20. The highest BCUT2D eigenvalue weighted by Crippen LogP contribution is 2.33. The van der Waals surface area contributed by atoms with E-state index in [2.05, 4.69) is 0 Å². The van der Waals surface area contributed by atoms with Gasteiger partial charge in [0.05, 0.1) is 26.7 Å². The molecule has 1 aromatic carbocycles. The lowest BCUT2D eigenvalue weighted by Gasteiger charge is -2.12. The lowest BCUT2D eigenvalue weighted by atomic mass is 10.2. The maximum atomic E-state index is 10.9. The Labute approximate surface area is 117 Å². The van der Waals surface area contributed by atoms with E-state index in [0.717, 1.165) is 0 Å². The smallest absolute Gasteiger partial charge is 0.313 e. The minimum atomic E-state index is -0.581. The van der Waals surface area contributed by atoms with Crippen LogP contribution in [0.15, 0.2) is 12.1 Å². The monoisotopic (exact) mass is 362 g/mol. The topological polar surface area (TPSA) is 96.4 Å². The van der Waals surface area contributed by atoms with E-state index in [1.165, 1.54) is 12.1 Å². The average Bonchev–Trinajstić information content (AvgIpc) is 2.35. The van der Waals surface area contributed by atoms with Crippen LogP contribution in [0.2, 0.25) is 0 Å². The van der Waals surface area contributed by atoms with E-state index in [-0.39, 0.29) is 36.1 Å². The number of nitro groups is 1. The molecule has 0 aliphatic rings. The molecule has 0 aliphatic carbocycles. The first-order valence-corrected chi connectivity index (χ1v) is 6.19. The molecular weight excluding hydrogens is 351 g/mol. The molecule has 1 aromatic rings. The van der Waals surface area contributed by atoms with Gasteiger partial charge in [-0.1, -0.05) is 6.92 Å². The van der Waals surface area contributed by atoms with Gasteiger partial charge in [-0.3, -0.25) is 10.1 Å².